The first kappa shape index (κ1) is 25.3. The second kappa shape index (κ2) is 9.69. The zero-order valence-electron chi connectivity index (χ0n) is 21.0. The number of likely N-dealkylation sites (N-methyl/N-ethyl adjacent to an activating group) is 2. The molecule has 3 N–H and O–H groups in total. The number of benzene rings is 2. The molecule has 2 aromatic heterocycles. The maximum absolute atomic E-state index is 13.9. The molecule has 0 aliphatic heterocycles. The molecule has 0 atom stereocenters. The Morgan fingerprint density at radius 2 is 1.83 bits per heavy atom. The first-order valence-corrected chi connectivity index (χ1v) is 11.5. The molecule has 7 nitrogen and oxygen atoms in total. The molecular formula is C26H30F3N7. The molecule has 0 aliphatic carbocycles. The number of aromatic nitrogens is 3. The maximum atomic E-state index is 13.9. The third kappa shape index (κ3) is 5.08. The van der Waals surface area contributed by atoms with Gasteiger partial charge in [-0.15, -0.1) is 0 Å². The summed E-state index contributed by atoms with van der Waals surface area (Å²) in [4.78, 5) is 12.4. The van der Waals surface area contributed by atoms with Gasteiger partial charge in [0, 0.05) is 56.2 Å². The van der Waals surface area contributed by atoms with Crippen LogP contribution in [0.15, 0.2) is 48.8 Å². The lowest BCUT2D eigenvalue weighted by Gasteiger charge is -2.23. The Hall–Kier alpha value is -3.79. The highest BCUT2D eigenvalue weighted by Crippen LogP contribution is 2.40. The Bertz CT molecular complexity index is 1390. The number of para-hydroxylation sites is 1. The van der Waals surface area contributed by atoms with Crippen LogP contribution in [0.5, 0.6) is 0 Å². The van der Waals surface area contributed by atoms with Crippen LogP contribution in [0, 0.1) is 6.92 Å². The molecule has 0 aliphatic rings. The number of halogens is 3. The third-order valence-electron chi connectivity index (χ3n) is 6.13. The predicted molar refractivity (Wildman–Crippen MR) is 140 cm³/mol. The number of nitrogens with one attached hydrogen (secondary N) is 1. The fourth-order valence-electron chi connectivity index (χ4n) is 4.30. The molecule has 4 rings (SSSR count). The fourth-order valence-corrected chi connectivity index (χ4v) is 4.30. The van der Waals surface area contributed by atoms with Gasteiger partial charge in [-0.25, -0.2) is 9.97 Å². The van der Waals surface area contributed by atoms with Crippen LogP contribution in [0.1, 0.15) is 11.1 Å². The Morgan fingerprint density at radius 1 is 1.08 bits per heavy atom. The van der Waals surface area contributed by atoms with E-state index in [0.717, 1.165) is 36.1 Å². The lowest BCUT2D eigenvalue weighted by molar-refractivity contribution is -0.137. The highest BCUT2D eigenvalue weighted by Gasteiger charge is 2.36. The molecule has 2 heterocycles. The van der Waals surface area contributed by atoms with Gasteiger partial charge in [0.05, 0.1) is 22.6 Å². The van der Waals surface area contributed by atoms with Crippen LogP contribution in [0.3, 0.4) is 0 Å². The molecule has 0 unspecified atom stereocenters. The molecule has 0 saturated carbocycles. The standard InChI is InChI=1S/C26H30F3N7/c1-16-7-6-8-18-19(15-36(5)24(16)18)23-20(26(27,28)29)14-31-25(33-23)32-17-9-10-22(21(30)13-17)35(4)12-11-34(2)3/h6-10,13-15H,11-12,30H2,1-5H3,(H,31,32,33). The average Bonchev–Trinajstić information content (AvgIpc) is 3.14. The van der Waals surface area contributed by atoms with E-state index in [0.29, 0.717) is 22.3 Å². The van der Waals surface area contributed by atoms with Crippen LogP contribution in [-0.4, -0.2) is 53.7 Å². The van der Waals surface area contributed by atoms with Gasteiger partial charge in [-0.2, -0.15) is 13.2 Å². The number of nitrogen functional groups attached to an aromatic ring is 1. The zero-order valence-corrected chi connectivity index (χ0v) is 21.0. The second-order valence-electron chi connectivity index (χ2n) is 9.20. The summed E-state index contributed by atoms with van der Waals surface area (Å²) in [6.45, 7) is 3.58. The molecule has 10 heteroatoms. The number of aryl methyl sites for hydroxylation is 2. The summed E-state index contributed by atoms with van der Waals surface area (Å²) in [5.41, 5.74) is 9.41. The molecule has 0 spiro atoms. The molecule has 0 bridgehead atoms. The molecule has 36 heavy (non-hydrogen) atoms. The van der Waals surface area contributed by atoms with Crippen molar-refractivity contribution < 1.29 is 13.2 Å². The summed E-state index contributed by atoms with van der Waals surface area (Å²) in [5.74, 6) is 0.0516. The van der Waals surface area contributed by atoms with E-state index in [4.69, 9.17) is 5.73 Å². The zero-order chi connectivity index (χ0) is 26.2. The van der Waals surface area contributed by atoms with E-state index in [2.05, 4.69) is 20.2 Å². The summed E-state index contributed by atoms with van der Waals surface area (Å²) in [6.07, 6.45) is -2.11. The van der Waals surface area contributed by atoms with Crippen molar-refractivity contribution in [1.82, 2.24) is 19.4 Å². The van der Waals surface area contributed by atoms with Gasteiger partial charge in [0.1, 0.15) is 5.56 Å². The number of fused-ring (bicyclic) bond motifs is 1. The van der Waals surface area contributed by atoms with Gasteiger partial charge >= 0.3 is 6.18 Å². The van der Waals surface area contributed by atoms with E-state index < -0.39 is 11.7 Å². The highest BCUT2D eigenvalue weighted by atomic mass is 19.4. The first-order chi connectivity index (χ1) is 17.0. The molecule has 4 aromatic rings. The van der Waals surface area contributed by atoms with Gasteiger partial charge in [0.15, 0.2) is 0 Å². The van der Waals surface area contributed by atoms with Crippen molar-refractivity contribution >= 4 is 33.9 Å². The summed E-state index contributed by atoms with van der Waals surface area (Å²) in [6, 6.07) is 11.0. The van der Waals surface area contributed by atoms with Gasteiger partial charge in [0.2, 0.25) is 5.95 Å². The summed E-state index contributed by atoms with van der Waals surface area (Å²) in [5, 5.41) is 3.71. The number of nitrogens with zero attached hydrogens (tertiary/aromatic N) is 5. The minimum atomic E-state index is -4.61. The van der Waals surface area contributed by atoms with Crippen molar-refractivity contribution in [3.05, 3.63) is 59.9 Å². The highest BCUT2D eigenvalue weighted by molar-refractivity contribution is 5.97. The van der Waals surface area contributed by atoms with E-state index in [1.54, 1.807) is 24.4 Å². The molecule has 0 amide bonds. The van der Waals surface area contributed by atoms with Crippen LogP contribution in [0.25, 0.3) is 22.2 Å². The monoisotopic (exact) mass is 497 g/mol. The minimum Gasteiger partial charge on any atom is -0.397 e. The van der Waals surface area contributed by atoms with E-state index in [1.165, 1.54) is 0 Å². The molecule has 2 aromatic carbocycles. The number of anilines is 4. The summed E-state index contributed by atoms with van der Waals surface area (Å²) >= 11 is 0. The quantitative estimate of drug-likeness (QED) is 0.338. The number of hydrogen-bond donors (Lipinski definition) is 2. The van der Waals surface area contributed by atoms with Crippen molar-refractivity contribution in [2.75, 3.05) is 50.2 Å². The van der Waals surface area contributed by atoms with E-state index in [-0.39, 0.29) is 11.6 Å². The summed E-state index contributed by atoms with van der Waals surface area (Å²) < 4.78 is 43.6. The van der Waals surface area contributed by atoms with Crippen molar-refractivity contribution in [2.45, 2.75) is 13.1 Å². The van der Waals surface area contributed by atoms with Crippen molar-refractivity contribution in [2.24, 2.45) is 7.05 Å². The molecule has 0 saturated heterocycles. The lowest BCUT2D eigenvalue weighted by atomic mass is 10.0. The number of nitrogens with two attached hydrogens (primary N) is 1. The van der Waals surface area contributed by atoms with Gasteiger partial charge < -0.3 is 25.4 Å². The number of hydrogen-bond acceptors (Lipinski definition) is 6. The second-order valence-corrected chi connectivity index (χ2v) is 9.20. The lowest BCUT2D eigenvalue weighted by Crippen LogP contribution is -2.28. The number of alkyl halides is 3. The fraction of sp³-hybridized carbons (Fsp3) is 0.308. The van der Waals surface area contributed by atoms with Crippen molar-refractivity contribution in [3.63, 3.8) is 0 Å². The Labute approximate surface area is 208 Å². The third-order valence-corrected chi connectivity index (χ3v) is 6.13. The van der Waals surface area contributed by atoms with Crippen LogP contribution in [0.4, 0.5) is 36.2 Å². The average molecular weight is 498 g/mol. The maximum Gasteiger partial charge on any atom is 0.419 e. The Balaban J connectivity index is 1.71. The van der Waals surface area contributed by atoms with Gasteiger partial charge in [-0.05, 0) is 44.8 Å². The molecule has 0 radical (unpaired) electrons. The molecular weight excluding hydrogens is 467 g/mol. The van der Waals surface area contributed by atoms with Crippen LogP contribution in [0.2, 0.25) is 0 Å². The van der Waals surface area contributed by atoms with Crippen molar-refractivity contribution in [1.29, 1.82) is 0 Å². The van der Waals surface area contributed by atoms with Gasteiger partial charge in [0.25, 0.3) is 0 Å². The molecule has 190 valence electrons. The summed E-state index contributed by atoms with van der Waals surface area (Å²) in [7, 11) is 7.77. The van der Waals surface area contributed by atoms with E-state index in [1.807, 2.05) is 62.8 Å². The Kier molecular flexibility index (Phi) is 6.81. The predicted octanol–water partition coefficient (Wildman–Crippen LogP) is 5.29. The van der Waals surface area contributed by atoms with Crippen LogP contribution < -0.4 is 16.0 Å². The van der Waals surface area contributed by atoms with Crippen molar-refractivity contribution in [3.8, 4) is 11.3 Å². The number of rotatable bonds is 7. The topological polar surface area (TPSA) is 75.2 Å². The normalized spacial score (nSPS) is 11.9. The minimum absolute atomic E-state index is 0.0516. The van der Waals surface area contributed by atoms with E-state index in [9.17, 15) is 13.2 Å². The largest absolute Gasteiger partial charge is 0.419 e. The first-order valence-electron chi connectivity index (χ1n) is 11.5. The van der Waals surface area contributed by atoms with Crippen LogP contribution in [-0.2, 0) is 13.2 Å². The van der Waals surface area contributed by atoms with Gasteiger partial charge in [-0.3, -0.25) is 0 Å². The van der Waals surface area contributed by atoms with E-state index >= 15 is 0 Å². The smallest absolute Gasteiger partial charge is 0.397 e. The molecule has 0 fully saturated rings. The van der Waals surface area contributed by atoms with Crippen LogP contribution >= 0.6 is 0 Å². The SMILES string of the molecule is Cc1cccc2c(-c3nc(Nc4ccc(N(C)CCN(C)C)c(N)c4)ncc3C(F)(F)F)cn(C)c12. The van der Waals surface area contributed by atoms with Gasteiger partial charge in [-0.1, -0.05) is 18.2 Å². The Morgan fingerprint density at radius 3 is 2.50 bits per heavy atom.